The number of fused-ring (bicyclic) bond motifs is 5. The van der Waals surface area contributed by atoms with Crippen LogP contribution in [0.4, 0.5) is 0 Å². The molecule has 3 fully saturated rings. The molecule has 3 aliphatic carbocycles. The van der Waals surface area contributed by atoms with Crippen LogP contribution >= 0.6 is 0 Å². The molecule has 3 N–H and O–H groups in total. The van der Waals surface area contributed by atoms with Gasteiger partial charge in [0.2, 0.25) is 0 Å². The highest BCUT2D eigenvalue weighted by molar-refractivity contribution is 5.16. The molecule has 2 bridgehead atoms. The zero-order chi connectivity index (χ0) is 11.1. The van der Waals surface area contributed by atoms with Crippen LogP contribution in [-0.4, -0.2) is 19.1 Å². The fourth-order valence-corrected chi connectivity index (χ4v) is 4.50. The molecule has 0 aromatic rings. The molecule has 3 aliphatic rings. The largest absolute Gasteiger partial charge is 0.330 e. The van der Waals surface area contributed by atoms with E-state index in [-0.39, 0.29) is 0 Å². The molecule has 5 unspecified atom stereocenters. The Balaban J connectivity index is 1.39. The summed E-state index contributed by atoms with van der Waals surface area (Å²) in [7, 11) is 0. The second kappa shape index (κ2) is 4.30. The summed E-state index contributed by atoms with van der Waals surface area (Å²) in [6, 6.07) is 0.909. The molecular weight excluding hydrogens is 196 g/mol. The monoisotopic (exact) mass is 222 g/mol. The predicted octanol–water partition coefficient (Wildman–Crippen LogP) is 2.00. The third-order valence-electron chi connectivity index (χ3n) is 5.34. The zero-order valence-corrected chi connectivity index (χ0v) is 10.5. The van der Waals surface area contributed by atoms with Crippen molar-refractivity contribution in [2.24, 2.45) is 35.3 Å². The van der Waals surface area contributed by atoms with Crippen molar-refractivity contribution in [3.8, 4) is 0 Å². The highest BCUT2D eigenvalue weighted by Gasteiger charge is 2.64. The molecule has 0 radical (unpaired) electrons. The van der Waals surface area contributed by atoms with Crippen LogP contribution in [-0.2, 0) is 0 Å². The Bertz CT molecular complexity index is 237. The smallest absolute Gasteiger partial charge is 0.0136 e. The minimum atomic E-state index is 0.808. The zero-order valence-electron chi connectivity index (χ0n) is 10.5. The first-order valence-electron chi connectivity index (χ1n) is 7.24. The normalized spacial score (nSPS) is 45.8. The van der Waals surface area contributed by atoms with E-state index in [0.29, 0.717) is 0 Å². The van der Waals surface area contributed by atoms with Gasteiger partial charge in [0, 0.05) is 6.04 Å². The van der Waals surface area contributed by atoms with Crippen LogP contribution in [0.5, 0.6) is 0 Å². The van der Waals surface area contributed by atoms with Gasteiger partial charge in [0.05, 0.1) is 0 Å². The lowest BCUT2D eigenvalue weighted by atomic mass is 10.0. The fraction of sp³-hybridized carbons (Fsp3) is 1.00. The Hall–Kier alpha value is -0.0800. The fourth-order valence-electron chi connectivity index (χ4n) is 4.50. The van der Waals surface area contributed by atoms with E-state index in [1.807, 2.05) is 0 Å². The van der Waals surface area contributed by atoms with E-state index in [1.54, 1.807) is 6.42 Å². The molecule has 2 heteroatoms. The lowest BCUT2D eigenvalue weighted by Crippen LogP contribution is -2.28. The van der Waals surface area contributed by atoms with Gasteiger partial charge in [-0.05, 0) is 74.8 Å². The van der Waals surface area contributed by atoms with Crippen molar-refractivity contribution in [1.29, 1.82) is 0 Å². The minimum absolute atomic E-state index is 0.808. The van der Waals surface area contributed by atoms with Gasteiger partial charge in [-0.15, -0.1) is 0 Å². The molecule has 16 heavy (non-hydrogen) atoms. The van der Waals surface area contributed by atoms with Gasteiger partial charge in [-0.2, -0.15) is 0 Å². The van der Waals surface area contributed by atoms with Crippen LogP contribution in [0.3, 0.4) is 0 Å². The maximum Gasteiger partial charge on any atom is 0.0136 e. The molecule has 3 saturated carbocycles. The molecule has 0 aromatic carbocycles. The molecule has 0 spiro atoms. The summed E-state index contributed by atoms with van der Waals surface area (Å²) >= 11 is 0. The average Bonchev–Trinajstić information content (AvgIpc) is 2.69. The number of nitrogens with one attached hydrogen (secondary N) is 1. The van der Waals surface area contributed by atoms with Crippen LogP contribution in [0.1, 0.15) is 39.0 Å². The molecule has 0 aliphatic heterocycles. The lowest BCUT2D eigenvalue weighted by Gasteiger charge is -2.14. The molecular formula is C14H26N2. The van der Waals surface area contributed by atoms with Crippen molar-refractivity contribution in [2.45, 2.75) is 45.1 Å². The van der Waals surface area contributed by atoms with Crippen LogP contribution in [0, 0.1) is 29.6 Å². The van der Waals surface area contributed by atoms with E-state index in [1.165, 1.54) is 32.2 Å². The second-order valence-electron chi connectivity index (χ2n) is 6.46. The summed E-state index contributed by atoms with van der Waals surface area (Å²) in [5.74, 6) is 5.18. The van der Waals surface area contributed by atoms with Crippen LogP contribution in [0.25, 0.3) is 0 Å². The van der Waals surface area contributed by atoms with Crippen molar-refractivity contribution < 1.29 is 0 Å². The Labute approximate surface area is 99.4 Å². The molecule has 92 valence electrons. The van der Waals surface area contributed by atoms with Gasteiger partial charge >= 0.3 is 0 Å². The van der Waals surface area contributed by atoms with E-state index in [2.05, 4.69) is 12.2 Å². The molecule has 5 atom stereocenters. The van der Waals surface area contributed by atoms with Crippen molar-refractivity contribution in [3.63, 3.8) is 0 Å². The summed E-state index contributed by atoms with van der Waals surface area (Å²) in [6.07, 6.45) is 7.11. The van der Waals surface area contributed by atoms with Gasteiger partial charge < -0.3 is 11.1 Å². The highest BCUT2D eigenvalue weighted by atomic mass is 15.0. The molecule has 0 saturated heterocycles. The maximum absolute atomic E-state index is 5.54. The van der Waals surface area contributed by atoms with E-state index < -0.39 is 0 Å². The van der Waals surface area contributed by atoms with Gasteiger partial charge in [-0.1, -0.05) is 6.92 Å². The summed E-state index contributed by atoms with van der Waals surface area (Å²) in [4.78, 5) is 0. The first-order valence-corrected chi connectivity index (χ1v) is 7.24. The summed E-state index contributed by atoms with van der Waals surface area (Å²) < 4.78 is 0. The second-order valence-corrected chi connectivity index (χ2v) is 6.46. The Morgan fingerprint density at radius 3 is 2.56 bits per heavy atom. The Morgan fingerprint density at radius 2 is 1.94 bits per heavy atom. The predicted molar refractivity (Wildman–Crippen MR) is 67.1 cm³/mol. The van der Waals surface area contributed by atoms with Gasteiger partial charge in [0.25, 0.3) is 0 Å². The van der Waals surface area contributed by atoms with E-state index in [4.69, 9.17) is 5.73 Å². The van der Waals surface area contributed by atoms with Gasteiger partial charge in [0.1, 0.15) is 0 Å². The van der Waals surface area contributed by atoms with Crippen LogP contribution in [0.2, 0.25) is 0 Å². The van der Waals surface area contributed by atoms with Crippen LogP contribution < -0.4 is 11.1 Å². The SMILES string of the molecule is CC(CCCN)CNC1C2C3CCC(C3)C12. The highest BCUT2D eigenvalue weighted by Crippen LogP contribution is 2.65. The number of hydrogen-bond acceptors (Lipinski definition) is 2. The maximum atomic E-state index is 5.54. The quantitative estimate of drug-likeness (QED) is 0.721. The Kier molecular flexibility index (Phi) is 2.97. The summed E-state index contributed by atoms with van der Waals surface area (Å²) in [6.45, 7) is 4.43. The average molecular weight is 222 g/mol. The van der Waals surface area contributed by atoms with E-state index >= 15 is 0 Å². The van der Waals surface area contributed by atoms with Crippen molar-refractivity contribution in [1.82, 2.24) is 5.32 Å². The van der Waals surface area contributed by atoms with Crippen molar-refractivity contribution >= 4 is 0 Å². The van der Waals surface area contributed by atoms with Gasteiger partial charge in [0.15, 0.2) is 0 Å². The minimum Gasteiger partial charge on any atom is -0.330 e. The first-order chi connectivity index (χ1) is 7.81. The third kappa shape index (κ3) is 1.80. The van der Waals surface area contributed by atoms with Gasteiger partial charge in [-0.25, -0.2) is 0 Å². The first kappa shape index (κ1) is 11.0. The van der Waals surface area contributed by atoms with E-state index in [0.717, 1.165) is 42.2 Å². The molecule has 0 heterocycles. The summed E-state index contributed by atoms with van der Waals surface area (Å²) in [5.41, 5.74) is 5.54. The van der Waals surface area contributed by atoms with Gasteiger partial charge in [-0.3, -0.25) is 0 Å². The third-order valence-corrected chi connectivity index (χ3v) is 5.34. The van der Waals surface area contributed by atoms with Crippen LogP contribution in [0.15, 0.2) is 0 Å². The molecule has 2 nitrogen and oxygen atoms in total. The molecule has 0 amide bonds. The standard InChI is InChI=1S/C14H26N2/c1-9(3-2-6-15)8-16-14-12-10-4-5-11(7-10)13(12)14/h9-14,16H,2-8,15H2,1H3. The van der Waals surface area contributed by atoms with Crippen molar-refractivity contribution in [2.75, 3.05) is 13.1 Å². The van der Waals surface area contributed by atoms with E-state index in [9.17, 15) is 0 Å². The lowest BCUT2D eigenvalue weighted by molar-refractivity contribution is 0.414. The molecule has 0 aromatic heterocycles. The topological polar surface area (TPSA) is 38.0 Å². The number of nitrogens with two attached hydrogens (primary N) is 1. The molecule has 3 rings (SSSR count). The number of rotatable bonds is 6. The Morgan fingerprint density at radius 1 is 1.25 bits per heavy atom. The summed E-state index contributed by atoms with van der Waals surface area (Å²) in [5, 5.41) is 3.83. The number of hydrogen-bond donors (Lipinski definition) is 2. The van der Waals surface area contributed by atoms with Crippen molar-refractivity contribution in [3.05, 3.63) is 0 Å².